The van der Waals surface area contributed by atoms with Gasteiger partial charge >= 0.3 is 0 Å². The van der Waals surface area contributed by atoms with Gasteiger partial charge in [0.15, 0.2) is 5.16 Å². The second-order valence-electron chi connectivity index (χ2n) is 6.95. The van der Waals surface area contributed by atoms with Crippen LogP contribution in [-0.4, -0.2) is 63.5 Å². The molecule has 0 aliphatic carbocycles. The van der Waals surface area contributed by atoms with Crippen LogP contribution in [0.5, 0.6) is 0 Å². The molecule has 3 rings (SSSR count). The molecule has 0 spiro atoms. The van der Waals surface area contributed by atoms with E-state index in [1.54, 1.807) is 4.90 Å². The summed E-state index contributed by atoms with van der Waals surface area (Å²) in [6.07, 6.45) is 0.131. The van der Waals surface area contributed by atoms with Gasteiger partial charge in [0.1, 0.15) is 5.82 Å². The normalized spacial score (nSPS) is 14.1. The lowest BCUT2D eigenvalue weighted by Crippen LogP contribution is -2.41. The summed E-state index contributed by atoms with van der Waals surface area (Å²) in [6.45, 7) is 9.08. The lowest BCUT2D eigenvalue weighted by atomic mass is 10.1. The number of nitrogens with one attached hydrogen (secondary N) is 1. The fourth-order valence-corrected chi connectivity index (χ4v) is 4.00. The third-order valence-corrected chi connectivity index (χ3v) is 5.86. The van der Waals surface area contributed by atoms with Crippen molar-refractivity contribution < 1.29 is 14.3 Å². The van der Waals surface area contributed by atoms with Crippen LogP contribution in [0.3, 0.4) is 0 Å². The van der Waals surface area contributed by atoms with E-state index in [0.717, 1.165) is 11.3 Å². The highest BCUT2D eigenvalue weighted by Crippen LogP contribution is 2.19. The number of benzene rings is 1. The van der Waals surface area contributed by atoms with E-state index in [1.807, 2.05) is 43.5 Å². The fraction of sp³-hybridized carbons (Fsp3) is 0.500. The monoisotopic (exact) mass is 417 g/mol. The van der Waals surface area contributed by atoms with Crippen LogP contribution in [0.25, 0.3) is 0 Å². The van der Waals surface area contributed by atoms with Gasteiger partial charge in [0, 0.05) is 25.3 Å². The lowest BCUT2D eigenvalue weighted by Gasteiger charge is -2.26. The Morgan fingerprint density at radius 2 is 1.93 bits per heavy atom. The molecular weight excluding hydrogens is 390 g/mol. The molecule has 0 bridgehead atoms. The van der Waals surface area contributed by atoms with Crippen molar-refractivity contribution >= 4 is 29.3 Å². The summed E-state index contributed by atoms with van der Waals surface area (Å²) in [6, 6.07) is 5.83. The van der Waals surface area contributed by atoms with Crippen molar-refractivity contribution in [2.75, 3.05) is 37.4 Å². The first-order valence-corrected chi connectivity index (χ1v) is 10.7. The van der Waals surface area contributed by atoms with Crippen molar-refractivity contribution in [3.8, 4) is 0 Å². The Hall–Kier alpha value is -2.39. The minimum absolute atomic E-state index is 0.0676. The van der Waals surface area contributed by atoms with Gasteiger partial charge < -0.3 is 19.5 Å². The van der Waals surface area contributed by atoms with Crippen molar-refractivity contribution in [3.63, 3.8) is 0 Å². The van der Waals surface area contributed by atoms with Crippen LogP contribution in [-0.2, 0) is 27.3 Å². The number of hydrogen-bond acceptors (Lipinski definition) is 6. The molecule has 1 aliphatic heterocycles. The number of nitrogens with zero attached hydrogens (tertiary/aromatic N) is 4. The van der Waals surface area contributed by atoms with Gasteiger partial charge in [-0.3, -0.25) is 9.59 Å². The molecule has 8 nitrogen and oxygen atoms in total. The Balaban J connectivity index is 1.58. The average molecular weight is 418 g/mol. The van der Waals surface area contributed by atoms with Gasteiger partial charge in [-0.05, 0) is 44.0 Å². The molecule has 0 atom stereocenters. The Morgan fingerprint density at radius 1 is 1.17 bits per heavy atom. The van der Waals surface area contributed by atoms with Gasteiger partial charge in [0.2, 0.25) is 11.8 Å². The molecule has 1 aromatic heterocycles. The van der Waals surface area contributed by atoms with E-state index in [0.29, 0.717) is 49.6 Å². The average Bonchev–Trinajstić information content (AvgIpc) is 3.10. The van der Waals surface area contributed by atoms with Crippen molar-refractivity contribution in [1.82, 2.24) is 19.7 Å². The molecule has 1 aliphatic rings. The Bertz CT molecular complexity index is 877. The number of aromatic nitrogens is 3. The molecule has 1 N–H and O–H groups in total. The van der Waals surface area contributed by atoms with E-state index < -0.39 is 0 Å². The Labute approximate surface area is 175 Å². The summed E-state index contributed by atoms with van der Waals surface area (Å²) >= 11 is 1.35. The van der Waals surface area contributed by atoms with Crippen LogP contribution in [0.1, 0.15) is 23.9 Å². The predicted molar refractivity (Wildman–Crippen MR) is 112 cm³/mol. The van der Waals surface area contributed by atoms with Gasteiger partial charge in [-0.1, -0.05) is 17.8 Å². The summed E-state index contributed by atoms with van der Waals surface area (Å²) in [5.74, 6) is 0.817. The SMILES string of the molecule is CCn1c(CC(=O)Nc2ccc(C)c(C)c2)nnc1SCC(=O)N1CCOCC1. The first-order valence-electron chi connectivity index (χ1n) is 9.75. The number of carbonyl (C=O) groups excluding carboxylic acids is 2. The molecule has 29 heavy (non-hydrogen) atoms. The van der Waals surface area contributed by atoms with Gasteiger partial charge in [-0.2, -0.15) is 0 Å². The molecule has 2 amide bonds. The molecule has 156 valence electrons. The maximum absolute atomic E-state index is 12.5. The van der Waals surface area contributed by atoms with Gasteiger partial charge in [-0.25, -0.2) is 0 Å². The molecule has 2 heterocycles. The molecule has 9 heteroatoms. The van der Waals surface area contributed by atoms with Crippen molar-refractivity contribution in [2.45, 2.75) is 38.9 Å². The van der Waals surface area contributed by atoms with Crippen LogP contribution in [0.2, 0.25) is 0 Å². The summed E-state index contributed by atoms with van der Waals surface area (Å²) < 4.78 is 7.17. The third kappa shape index (κ3) is 5.57. The highest BCUT2D eigenvalue weighted by molar-refractivity contribution is 7.99. The van der Waals surface area contributed by atoms with Crippen LogP contribution < -0.4 is 5.32 Å². The smallest absolute Gasteiger partial charge is 0.233 e. The number of thioether (sulfide) groups is 1. The quantitative estimate of drug-likeness (QED) is 0.694. The summed E-state index contributed by atoms with van der Waals surface area (Å²) in [5.41, 5.74) is 3.08. The van der Waals surface area contributed by atoms with Crippen LogP contribution in [0.15, 0.2) is 23.4 Å². The first-order chi connectivity index (χ1) is 14.0. The standard InChI is InChI=1S/C20H27N5O3S/c1-4-25-17(12-18(26)21-16-6-5-14(2)15(3)11-16)22-23-20(25)29-13-19(27)24-7-9-28-10-8-24/h5-6,11H,4,7-10,12-13H2,1-3H3,(H,21,26). The third-order valence-electron chi connectivity index (χ3n) is 4.91. The zero-order valence-corrected chi connectivity index (χ0v) is 17.9. The summed E-state index contributed by atoms with van der Waals surface area (Å²) in [7, 11) is 0. The molecule has 2 aromatic rings. The van der Waals surface area contributed by atoms with E-state index in [4.69, 9.17) is 4.74 Å². The Morgan fingerprint density at radius 3 is 2.62 bits per heavy atom. The fourth-order valence-electron chi connectivity index (χ4n) is 3.07. The molecule has 0 unspecified atom stereocenters. The number of ether oxygens (including phenoxy) is 1. The summed E-state index contributed by atoms with van der Waals surface area (Å²) in [5, 5.41) is 11.9. The van der Waals surface area contributed by atoms with E-state index in [1.165, 1.54) is 17.3 Å². The highest BCUT2D eigenvalue weighted by Gasteiger charge is 2.20. The number of aryl methyl sites for hydroxylation is 2. The maximum Gasteiger partial charge on any atom is 0.233 e. The lowest BCUT2D eigenvalue weighted by molar-refractivity contribution is -0.132. The van der Waals surface area contributed by atoms with Gasteiger partial charge in [0.25, 0.3) is 0 Å². The molecule has 1 fully saturated rings. The van der Waals surface area contributed by atoms with E-state index in [-0.39, 0.29) is 18.2 Å². The number of hydrogen-bond donors (Lipinski definition) is 1. The predicted octanol–water partition coefficient (Wildman–Crippen LogP) is 2.05. The number of morpholine rings is 1. The molecule has 0 radical (unpaired) electrons. The van der Waals surface area contributed by atoms with Crippen molar-refractivity contribution in [3.05, 3.63) is 35.2 Å². The minimum atomic E-state index is -0.142. The maximum atomic E-state index is 12.5. The van der Waals surface area contributed by atoms with Crippen LogP contribution in [0, 0.1) is 13.8 Å². The number of amides is 2. The number of carbonyl (C=O) groups is 2. The first kappa shape index (κ1) is 21.3. The summed E-state index contributed by atoms with van der Waals surface area (Å²) in [4.78, 5) is 26.6. The van der Waals surface area contributed by atoms with Gasteiger partial charge in [-0.15, -0.1) is 10.2 Å². The van der Waals surface area contributed by atoms with E-state index in [9.17, 15) is 9.59 Å². The highest BCUT2D eigenvalue weighted by atomic mass is 32.2. The topological polar surface area (TPSA) is 89.3 Å². The van der Waals surface area contributed by atoms with Crippen molar-refractivity contribution in [2.24, 2.45) is 0 Å². The van der Waals surface area contributed by atoms with Crippen molar-refractivity contribution in [1.29, 1.82) is 0 Å². The van der Waals surface area contributed by atoms with Crippen LogP contribution >= 0.6 is 11.8 Å². The number of rotatable bonds is 7. The van der Waals surface area contributed by atoms with Crippen LogP contribution in [0.4, 0.5) is 5.69 Å². The molecule has 1 saturated heterocycles. The van der Waals surface area contributed by atoms with E-state index >= 15 is 0 Å². The zero-order valence-electron chi connectivity index (χ0n) is 17.1. The van der Waals surface area contributed by atoms with Gasteiger partial charge in [0.05, 0.1) is 25.4 Å². The minimum Gasteiger partial charge on any atom is -0.378 e. The second-order valence-corrected chi connectivity index (χ2v) is 7.89. The Kier molecular flexibility index (Phi) is 7.27. The zero-order chi connectivity index (χ0) is 20.8. The number of anilines is 1. The van der Waals surface area contributed by atoms with E-state index in [2.05, 4.69) is 15.5 Å². The molecular formula is C20H27N5O3S. The second kappa shape index (κ2) is 9.89. The largest absolute Gasteiger partial charge is 0.378 e. The molecule has 1 aromatic carbocycles. The molecule has 0 saturated carbocycles.